The van der Waals surface area contributed by atoms with Gasteiger partial charge in [0.25, 0.3) is 0 Å². The summed E-state index contributed by atoms with van der Waals surface area (Å²) >= 11 is 0. The van der Waals surface area contributed by atoms with Crippen LogP contribution in [-0.4, -0.2) is 36.7 Å². The molecule has 0 rings (SSSR count). The normalized spacial score (nSPS) is 8.25. The molecule has 112 valence electrons. The maximum atomic E-state index is 10.6. The van der Waals surface area contributed by atoms with E-state index in [9.17, 15) is 9.59 Å². The Labute approximate surface area is 116 Å². The second-order valence-electron chi connectivity index (χ2n) is 3.31. The fourth-order valence-corrected chi connectivity index (χ4v) is 0.918. The molecule has 0 aromatic carbocycles. The molecule has 20 heavy (non-hydrogen) atoms. The molecule has 0 heterocycles. The van der Waals surface area contributed by atoms with Crippen LogP contribution in [0.1, 0.15) is 32.6 Å². The van der Waals surface area contributed by atoms with Gasteiger partial charge in [-0.3, -0.25) is 9.59 Å². The minimum Gasteiger partial charge on any atom is -0.481 e. The molecule has 0 bridgehead atoms. The topological polar surface area (TPSA) is 161 Å². The lowest BCUT2D eigenvalue weighted by atomic mass is 10.3. The zero-order valence-corrected chi connectivity index (χ0v) is 11.3. The van der Waals surface area contributed by atoms with Crippen LogP contribution in [0.5, 0.6) is 0 Å². The fourth-order valence-electron chi connectivity index (χ4n) is 0.918. The number of esters is 1. The lowest BCUT2D eigenvalue weighted by Gasteiger charge is -1.98. The van der Waals surface area contributed by atoms with Gasteiger partial charge in [0.2, 0.25) is 0 Å². The minimum atomic E-state index is -0.858. The van der Waals surface area contributed by atoms with E-state index in [1.165, 1.54) is 0 Å². The molecule has 0 unspecified atom stereocenters. The average molecular weight is 286 g/mol. The standard InChI is InChI=1S/C6H11N3O2.C4H7N3O2/c1-2-11-6(10)4-3-5-8-9-7;5-7-6-3-1-2-4(8)9/h2-5H2,1H3;1-3H2,(H,8,9). The Bertz CT molecular complexity index is 372. The van der Waals surface area contributed by atoms with E-state index in [1.54, 1.807) is 6.92 Å². The Hall–Kier alpha value is -2.44. The molecule has 0 aromatic rings. The van der Waals surface area contributed by atoms with E-state index in [0.29, 0.717) is 32.4 Å². The highest BCUT2D eigenvalue weighted by atomic mass is 16.5. The second-order valence-corrected chi connectivity index (χ2v) is 3.31. The van der Waals surface area contributed by atoms with Crippen molar-refractivity contribution in [2.45, 2.75) is 32.6 Å². The molecule has 0 aliphatic heterocycles. The number of azide groups is 2. The van der Waals surface area contributed by atoms with Crippen molar-refractivity contribution in [3.05, 3.63) is 20.9 Å². The van der Waals surface area contributed by atoms with Crippen molar-refractivity contribution < 1.29 is 19.4 Å². The highest BCUT2D eigenvalue weighted by Gasteiger charge is 1.98. The van der Waals surface area contributed by atoms with Gasteiger partial charge in [-0.25, -0.2) is 0 Å². The van der Waals surface area contributed by atoms with Crippen LogP contribution in [0.3, 0.4) is 0 Å². The highest BCUT2D eigenvalue weighted by molar-refractivity contribution is 5.69. The van der Waals surface area contributed by atoms with Gasteiger partial charge in [0.1, 0.15) is 0 Å². The number of carboxylic acids is 1. The molecule has 10 nitrogen and oxygen atoms in total. The van der Waals surface area contributed by atoms with Crippen molar-refractivity contribution in [1.82, 2.24) is 0 Å². The van der Waals surface area contributed by atoms with Crippen LogP contribution >= 0.6 is 0 Å². The second kappa shape index (κ2) is 16.6. The van der Waals surface area contributed by atoms with Gasteiger partial charge in [0, 0.05) is 35.8 Å². The molecule has 0 atom stereocenters. The van der Waals surface area contributed by atoms with Crippen molar-refractivity contribution in [3.63, 3.8) is 0 Å². The Morgan fingerprint density at radius 3 is 2.00 bits per heavy atom. The van der Waals surface area contributed by atoms with E-state index in [0.717, 1.165) is 0 Å². The van der Waals surface area contributed by atoms with Gasteiger partial charge < -0.3 is 9.84 Å². The molecule has 0 radical (unpaired) electrons. The molecule has 0 saturated carbocycles. The Morgan fingerprint density at radius 2 is 1.60 bits per heavy atom. The molecular weight excluding hydrogens is 268 g/mol. The van der Waals surface area contributed by atoms with Crippen molar-refractivity contribution in [2.75, 3.05) is 19.7 Å². The number of hydrogen-bond donors (Lipinski definition) is 1. The van der Waals surface area contributed by atoms with Gasteiger partial charge in [-0.2, -0.15) is 0 Å². The summed E-state index contributed by atoms with van der Waals surface area (Å²) in [6.45, 7) is 2.78. The predicted octanol–water partition coefficient (Wildman–Crippen LogP) is 2.80. The van der Waals surface area contributed by atoms with E-state index in [-0.39, 0.29) is 18.9 Å². The molecule has 0 aliphatic carbocycles. The van der Waals surface area contributed by atoms with E-state index in [1.807, 2.05) is 0 Å². The molecule has 1 N–H and O–H groups in total. The highest BCUT2D eigenvalue weighted by Crippen LogP contribution is 1.93. The molecule has 0 saturated heterocycles. The van der Waals surface area contributed by atoms with Crippen LogP contribution < -0.4 is 0 Å². The van der Waals surface area contributed by atoms with Crippen LogP contribution in [-0.2, 0) is 14.3 Å². The fraction of sp³-hybridized carbons (Fsp3) is 0.800. The van der Waals surface area contributed by atoms with Crippen molar-refractivity contribution in [1.29, 1.82) is 0 Å². The Kier molecular flexibility index (Phi) is 16.5. The first-order chi connectivity index (χ1) is 9.58. The number of rotatable bonds is 9. The largest absolute Gasteiger partial charge is 0.481 e. The summed E-state index contributed by atoms with van der Waals surface area (Å²) in [5, 5.41) is 14.5. The van der Waals surface area contributed by atoms with Crippen LogP contribution in [0.4, 0.5) is 0 Å². The predicted molar refractivity (Wildman–Crippen MR) is 70.8 cm³/mol. The summed E-state index contributed by atoms with van der Waals surface area (Å²) in [6.07, 6.45) is 1.37. The molecular formula is C10H18N6O4. The molecule has 0 amide bonds. The van der Waals surface area contributed by atoms with Crippen LogP contribution in [0, 0.1) is 0 Å². The van der Waals surface area contributed by atoms with Crippen molar-refractivity contribution in [2.24, 2.45) is 10.2 Å². The average Bonchev–Trinajstić information content (AvgIpc) is 2.41. The quantitative estimate of drug-likeness (QED) is 0.227. The smallest absolute Gasteiger partial charge is 0.305 e. The summed E-state index contributed by atoms with van der Waals surface area (Å²) in [4.78, 5) is 25.5. The summed E-state index contributed by atoms with van der Waals surface area (Å²) < 4.78 is 4.65. The number of carbonyl (C=O) groups is 2. The SMILES string of the molecule is CCOC(=O)CCCN=[N+]=[N-].[N-]=[N+]=NCCCC(=O)O. The monoisotopic (exact) mass is 286 g/mol. The first-order valence-corrected chi connectivity index (χ1v) is 5.97. The Balaban J connectivity index is 0. The molecule has 0 fully saturated rings. The van der Waals surface area contributed by atoms with E-state index in [2.05, 4.69) is 24.8 Å². The van der Waals surface area contributed by atoms with Gasteiger partial charge in [0.05, 0.1) is 6.61 Å². The summed E-state index contributed by atoms with van der Waals surface area (Å²) in [5.74, 6) is -1.09. The van der Waals surface area contributed by atoms with Gasteiger partial charge in [-0.05, 0) is 30.8 Å². The first-order valence-electron chi connectivity index (χ1n) is 5.97. The lowest BCUT2D eigenvalue weighted by Crippen LogP contribution is -2.03. The zero-order chi connectivity index (χ0) is 15.6. The van der Waals surface area contributed by atoms with Gasteiger partial charge >= 0.3 is 11.9 Å². The number of ether oxygens (including phenoxy) is 1. The van der Waals surface area contributed by atoms with Crippen molar-refractivity contribution >= 4 is 11.9 Å². The number of hydrogen-bond acceptors (Lipinski definition) is 5. The number of carbonyl (C=O) groups excluding carboxylic acids is 1. The van der Waals surface area contributed by atoms with Gasteiger partial charge in [-0.15, -0.1) is 0 Å². The summed E-state index contributed by atoms with van der Waals surface area (Å²) in [6, 6.07) is 0. The summed E-state index contributed by atoms with van der Waals surface area (Å²) in [5.41, 5.74) is 15.6. The third-order valence-electron chi connectivity index (χ3n) is 1.72. The van der Waals surface area contributed by atoms with E-state index < -0.39 is 5.97 Å². The Morgan fingerprint density at radius 1 is 1.10 bits per heavy atom. The third-order valence-corrected chi connectivity index (χ3v) is 1.72. The molecule has 10 heteroatoms. The maximum Gasteiger partial charge on any atom is 0.305 e. The van der Waals surface area contributed by atoms with Gasteiger partial charge in [-0.1, -0.05) is 10.2 Å². The first kappa shape index (κ1) is 19.9. The van der Waals surface area contributed by atoms with E-state index in [4.69, 9.17) is 16.2 Å². The van der Waals surface area contributed by atoms with Crippen molar-refractivity contribution in [3.8, 4) is 0 Å². The third kappa shape index (κ3) is 20.9. The van der Waals surface area contributed by atoms with Crippen LogP contribution in [0.15, 0.2) is 10.2 Å². The summed E-state index contributed by atoms with van der Waals surface area (Å²) in [7, 11) is 0. The minimum absolute atomic E-state index is 0.0685. The maximum absolute atomic E-state index is 10.6. The van der Waals surface area contributed by atoms with Crippen LogP contribution in [0.25, 0.3) is 20.9 Å². The van der Waals surface area contributed by atoms with Crippen LogP contribution in [0.2, 0.25) is 0 Å². The number of carboxylic acid groups (broad SMARTS) is 1. The van der Waals surface area contributed by atoms with E-state index >= 15 is 0 Å². The van der Waals surface area contributed by atoms with Gasteiger partial charge in [0.15, 0.2) is 0 Å². The molecule has 0 aliphatic rings. The molecule has 0 spiro atoms. The number of aliphatic carboxylic acids is 1. The molecule has 0 aromatic heterocycles. The number of nitrogens with zero attached hydrogens (tertiary/aromatic N) is 6. The zero-order valence-electron chi connectivity index (χ0n) is 11.3. The lowest BCUT2D eigenvalue weighted by molar-refractivity contribution is -0.143.